The van der Waals surface area contributed by atoms with Gasteiger partial charge in [-0.2, -0.15) is 0 Å². The Bertz CT molecular complexity index is 907. The Hall–Kier alpha value is -2.62. The Morgan fingerprint density at radius 1 is 0.893 bits per heavy atom. The summed E-state index contributed by atoms with van der Waals surface area (Å²) in [7, 11) is 0. The van der Waals surface area contributed by atoms with Crippen LogP contribution in [0.15, 0.2) is 36.4 Å². The quantitative estimate of drug-likeness (QED) is 0.605. The second-order valence-corrected chi connectivity index (χ2v) is 9.35. The summed E-state index contributed by atoms with van der Waals surface area (Å²) in [5, 5.41) is 6.01. The molecular formula is C24H30N2O2. The predicted octanol–water partition coefficient (Wildman–Crippen LogP) is 5.62. The Morgan fingerprint density at radius 3 is 1.86 bits per heavy atom. The molecule has 0 aromatic heterocycles. The van der Waals surface area contributed by atoms with Crippen molar-refractivity contribution in [3.63, 3.8) is 0 Å². The third-order valence-corrected chi connectivity index (χ3v) is 4.73. The molecule has 0 unspecified atom stereocenters. The Kier molecular flexibility index (Phi) is 5.59. The van der Waals surface area contributed by atoms with Crippen molar-refractivity contribution < 1.29 is 9.59 Å². The fraction of sp³-hybridized carbons (Fsp3) is 0.417. The van der Waals surface area contributed by atoms with Crippen molar-refractivity contribution in [2.75, 3.05) is 10.6 Å². The summed E-state index contributed by atoms with van der Waals surface area (Å²) < 4.78 is 0. The SMILES string of the molecule is CC(C)CC(=O)Nc1ccc2c(c1)Cc1cc(NC(=O)CC(C)(C)C)ccc1-2. The minimum absolute atomic E-state index is 0.0343. The molecule has 2 aromatic rings. The molecule has 28 heavy (non-hydrogen) atoms. The highest BCUT2D eigenvalue weighted by Crippen LogP contribution is 2.39. The van der Waals surface area contributed by atoms with E-state index < -0.39 is 0 Å². The van der Waals surface area contributed by atoms with Gasteiger partial charge in [0, 0.05) is 24.2 Å². The molecule has 4 heteroatoms. The summed E-state index contributed by atoms with van der Waals surface area (Å²) in [6.45, 7) is 10.3. The van der Waals surface area contributed by atoms with E-state index in [1.807, 2.05) is 26.0 Å². The molecule has 4 nitrogen and oxygen atoms in total. The van der Waals surface area contributed by atoms with Crippen LogP contribution >= 0.6 is 0 Å². The number of nitrogens with one attached hydrogen (secondary N) is 2. The smallest absolute Gasteiger partial charge is 0.224 e. The van der Waals surface area contributed by atoms with Gasteiger partial charge >= 0.3 is 0 Å². The second-order valence-electron chi connectivity index (χ2n) is 9.35. The van der Waals surface area contributed by atoms with Crippen LogP contribution in [-0.4, -0.2) is 11.8 Å². The average molecular weight is 379 g/mol. The van der Waals surface area contributed by atoms with Crippen molar-refractivity contribution in [3.05, 3.63) is 47.5 Å². The molecular weight excluding hydrogens is 348 g/mol. The highest BCUT2D eigenvalue weighted by Gasteiger charge is 2.21. The van der Waals surface area contributed by atoms with E-state index in [-0.39, 0.29) is 17.2 Å². The van der Waals surface area contributed by atoms with E-state index in [0.717, 1.165) is 17.8 Å². The first kappa shape index (κ1) is 20.1. The highest BCUT2D eigenvalue weighted by molar-refractivity contribution is 5.93. The van der Waals surface area contributed by atoms with E-state index >= 15 is 0 Å². The number of hydrogen-bond acceptors (Lipinski definition) is 2. The van der Waals surface area contributed by atoms with Crippen LogP contribution in [0, 0.1) is 11.3 Å². The lowest BCUT2D eigenvalue weighted by atomic mass is 9.92. The van der Waals surface area contributed by atoms with Gasteiger partial charge in [0.15, 0.2) is 0 Å². The topological polar surface area (TPSA) is 58.2 Å². The zero-order chi connectivity index (χ0) is 20.5. The van der Waals surface area contributed by atoms with Crippen molar-refractivity contribution in [1.29, 1.82) is 0 Å². The van der Waals surface area contributed by atoms with E-state index in [1.165, 1.54) is 22.3 Å². The molecule has 2 aromatic carbocycles. The van der Waals surface area contributed by atoms with E-state index in [4.69, 9.17) is 0 Å². The standard InChI is InChI=1S/C24H30N2O2/c1-15(2)10-22(27)25-18-6-8-20-16(12-18)11-17-13-19(7-9-21(17)20)26-23(28)14-24(3,4)5/h6-9,12-13,15H,10-11,14H2,1-5H3,(H,25,27)(H,26,28). The number of anilines is 2. The molecule has 3 rings (SSSR count). The molecule has 2 amide bonds. The molecule has 0 saturated carbocycles. The summed E-state index contributed by atoms with van der Waals surface area (Å²) in [5.41, 5.74) is 6.45. The maximum absolute atomic E-state index is 12.2. The van der Waals surface area contributed by atoms with Crippen LogP contribution in [0.3, 0.4) is 0 Å². The number of carbonyl (C=O) groups excluding carboxylic acids is 2. The molecule has 0 bridgehead atoms. The first-order chi connectivity index (χ1) is 13.1. The third kappa shape index (κ3) is 5.00. The van der Waals surface area contributed by atoms with Crippen LogP contribution in [0.4, 0.5) is 11.4 Å². The van der Waals surface area contributed by atoms with E-state index in [0.29, 0.717) is 18.8 Å². The summed E-state index contributed by atoms with van der Waals surface area (Å²) >= 11 is 0. The molecule has 0 aliphatic heterocycles. The third-order valence-electron chi connectivity index (χ3n) is 4.73. The number of rotatable bonds is 5. The minimum Gasteiger partial charge on any atom is -0.326 e. The van der Waals surface area contributed by atoms with Gasteiger partial charge in [0.1, 0.15) is 0 Å². The lowest BCUT2D eigenvalue weighted by Gasteiger charge is -2.17. The number of fused-ring (bicyclic) bond motifs is 3. The zero-order valence-corrected chi connectivity index (χ0v) is 17.5. The molecule has 0 radical (unpaired) electrons. The molecule has 0 spiro atoms. The van der Waals surface area contributed by atoms with Crippen LogP contribution in [0.2, 0.25) is 0 Å². The Balaban J connectivity index is 1.72. The molecule has 0 saturated heterocycles. The van der Waals surface area contributed by atoms with Crippen molar-refractivity contribution in [2.24, 2.45) is 11.3 Å². The van der Waals surface area contributed by atoms with E-state index in [1.54, 1.807) is 0 Å². The molecule has 1 aliphatic carbocycles. The average Bonchev–Trinajstić information content (AvgIpc) is 2.88. The van der Waals surface area contributed by atoms with Crippen LogP contribution in [0.1, 0.15) is 58.6 Å². The zero-order valence-electron chi connectivity index (χ0n) is 17.5. The van der Waals surface area contributed by atoms with Crippen molar-refractivity contribution in [2.45, 2.75) is 53.9 Å². The van der Waals surface area contributed by atoms with E-state index in [9.17, 15) is 9.59 Å². The van der Waals surface area contributed by atoms with Crippen molar-refractivity contribution in [3.8, 4) is 11.1 Å². The van der Waals surface area contributed by atoms with Crippen molar-refractivity contribution in [1.82, 2.24) is 0 Å². The monoisotopic (exact) mass is 378 g/mol. The number of carbonyl (C=O) groups is 2. The van der Waals surface area contributed by atoms with Gasteiger partial charge in [-0.15, -0.1) is 0 Å². The second kappa shape index (κ2) is 7.78. The summed E-state index contributed by atoms with van der Waals surface area (Å²) in [6, 6.07) is 12.2. The number of benzene rings is 2. The Labute approximate surface area is 167 Å². The molecule has 0 heterocycles. The Morgan fingerprint density at radius 2 is 1.39 bits per heavy atom. The molecule has 0 atom stereocenters. The summed E-state index contributed by atoms with van der Waals surface area (Å²) in [5.74, 6) is 0.429. The fourth-order valence-corrected chi connectivity index (χ4v) is 3.64. The van der Waals surface area contributed by atoms with Gasteiger partial charge in [0.05, 0.1) is 0 Å². The molecule has 2 N–H and O–H groups in total. The minimum atomic E-state index is -0.0343. The molecule has 148 valence electrons. The maximum Gasteiger partial charge on any atom is 0.224 e. The van der Waals surface area contributed by atoms with Gasteiger partial charge < -0.3 is 10.6 Å². The first-order valence-corrected chi connectivity index (χ1v) is 9.97. The van der Waals surface area contributed by atoms with Gasteiger partial charge in [-0.25, -0.2) is 0 Å². The van der Waals surface area contributed by atoms with Gasteiger partial charge in [0.2, 0.25) is 11.8 Å². The lowest BCUT2D eigenvalue weighted by Crippen LogP contribution is -2.19. The molecule has 1 aliphatic rings. The van der Waals surface area contributed by atoms with Gasteiger partial charge in [-0.05, 0) is 64.3 Å². The van der Waals surface area contributed by atoms with E-state index in [2.05, 4.69) is 55.7 Å². The highest BCUT2D eigenvalue weighted by atomic mass is 16.2. The lowest BCUT2D eigenvalue weighted by molar-refractivity contribution is -0.118. The van der Waals surface area contributed by atoms with Gasteiger partial charge in [-0.1, -0.05) is 46.8 Å². The fourth-order valence-electron chi connectivity index (χ4n) is 3.64. The van der Waals surface area contributed by atoms with Gasteiger partial charge in [-0.3, -0.25) is 9.59 Å². The number of amides is 2. The summed E-state index contributed by atoms with van der Waals surface area (Å²) in [6.07, 6.45) is 1.82. The number of hydrogen-bond donors (Lipinski definition) is 2. The normalized spacial score (nSPS) is 12.5. The van der Waals surface area contributed by atoms with Crippen molar-refractivity contribution >= 4 is 23.2 Å². The van der Waals surface area contributed by atoms with Crippen LogP contribution in [-0.2, 0) is 16.0 Å². The molecule has 0 fully saturated rings. The van der Waals surface area contributed by atoms with Crippen LogP contribution < -0.4 is 10.6 Å². The van der Waals surface area contributed by atoms with Crippen LogP contribution in [0.25, 0.3) is 11.1 Å². The van der Waals surface area contributed by atoms with Gasteiger partial charge in [0.25, 0.3) is 0 Å². The summed E-state index contributed by atoms with van der Waals surface area (Å²) in [4.78, 5) is 24.3. The predicted molar refractivity (Wildman–Crippen MR) is 115 cm³/mol. The maximum atomic E-state index is 12.2. The largest absolute Gasteiger partial charge is 0.326 e. The van der Waals surface area contributed by atoms with Crippen LogP contribution in [0.5, 0.6) is 0 Å². The first-order valence-electron chi connectivity index (χ1n) is 9.97.